The van der Waals surface area contributed by atoms with Gasteiger partial charge in [0.25, 0.3) is 0 Å². The summed E-state index contributed by atoms with van der Waals surface area (Å²) in [4.78, 5) is 16.0. The third kappa shape index (κ3) is 3.79. The summed E-state index contributed by atoms with van der Waals surface area (Å²) < 4.78 is 0. The third-order valence-corrected chi connectivity index (χ3v) is 3.67. The molecule has 106 valence electrons. The summed E-state index contributed by atoms with van der Waals surface area (Å²) in [7, 11) is 0. The van der Waals surface area contributed by atoms with Crippen molar-refractivity contribution in [2.75, 3.05) is 11.9 Å². The number of benzene rings is 1. The number of rotatable bonds is 5. The first-order chi connectivity index (χ1) is 9.72. The molecule has 2 rings (SSSR count). The maximum atomic E-state index is 11.8. The number of urea groups is 1. The van der Waals surface area contributed by atoms with E-state index in [0.717, 1.165) is 10.6 Å². The predicted molar refractivity (Wildman–Crippen MR) is 80.9 cm³/mol. The first kappa shape index (κ1) is 14.5. The summed E-state index contributed by atoms with van der Waals surface area (Å²) >= 11 is 1.55. The Labute approximate surface area is 121 Å². The van der Waals surface area contributed by atoms with Gasteiger partial charge in [-0.15, -0.1) is 11.3 Å². The van der Waals surface area contributed by atoms with Gasteiger partial charge in [-0.05, 0) is 18.6 Å². The molecular weight excluding hydrogens is 274 g/mol. The predicted octanol–water partition coefficient (Wildman–Crippen LogP) is 2.70. The molecule has 1 aromatic heterocycles. The molecule has 3 N–H and O–H groups in total. The number of hydrogen-bond acceptors (Lipinski definition) is 4. The highest BCUT2D eigenvalue weighted by Gasteiger charge is 2.09. The van der Waals surface area contributed by atoms with E-state index in [1.54, 1.807) is 17.5 Å². The Morgan fingerprint density at radius 2 is 2.35 bits per heavy atom. The summed E-state index contributed by atoms with van der Waals surface area (Å²) in [5.74, 6) is 0. The number of hydrogen-bond donors (Lipinski definition) is 3. The number of aliphatic hydroxyl groups is 1. The Balaban J connectivity index is 2.03. The molecule has 0 bridgehead atoms. The van der Waals surface area contributed by atoms with Crippen LogP contribution < -0.4 is 10.6 Å². The molecule has 0 saturated carbocycles. The molecule has 20 heavy (non-hydrogen) atoms. The van der Waals surface area contributed by atoms with Gasteiger partial charge in [-0.1, -0.05) is 19.1 Å². The largest absolute Gasteiger partial charge is 0.394 e. The molecule has 0 fully saturated rings. The molecule has 1 atom stereocenters. The molecular formula is C14H17N3O2S. The van der Waals surface area contributed by atoms with Crippen molar-refractivity contribution in [3.8, 4) is 10.6 Å². The van der Waals surface area contributed by atoms with Crippen molar-refractivity contribution >= 4 is 23.1 Å². The number of aliphatic hydroxyl groups excluding tert-OH is 1. The van der Waals surface area contributed by atoms with E-state index >= 15 is 0 Å². The zero-order chi connectivity index (χ0) is 14.4. The van der Waals surface area contributed by atoms with Gasteiger partial charge in [-0.2, -0.15) is 0 Å². The van der Waals surface area contributed by atoms with Gasteiger partial charge in [0, 0.05) is 22.8 Å². The summed E-state index contributed by atoms with van der Waals surface area (Å²) in [6.07, 6.45) is 2.43. The van der Waals surface area contributed by atoms with E-state index in [0.29, 0.717) is 12.1 Å². The van der Waals surface area contributed by atoms with Crippen LogP contribution in [0.15, 0.2) is 35.8 Å². The average molecular weight is 291 g/mol. The lowest BCUT2D eigenvalue weighted by Crippen LogP contribution is -2.39. The second-order valence-corrected chi connectivity index (χ2v) is 5.20. The molecule has 1 heterocycles. The number of aromatic nitrogens is 1. The standard InChI is InChI=1S/C14H17N3O2S/c1-2-11(9-18)16-14(19)17-12-5-3-4-10(8-12)13-15-6-7-20-13/h3-8,11,18H,2,9H2,1H3,(H2,16,17,19)/t11-/m0/s1. The molecule has 5 nitrogen and oxygen atoms in total. The van der Waals surface area contributed by atoms with E-state index in [1.165, 1.54) is 0 Å². The number of anilines is 1. The quantitative estimate of drug-likeness (QED) is 0.793. The normalized spacial score (nSPS) is 11.9. The van der Waals surface area contributed by atoms with Crippen molar-refractivity contribution in [3.63, 3.8) is 0 Å². The average Bonchev–Trinajstić information content (AvgIpc) is 2.99. The number of amides is 2. The first-order valence-electron chi connectivity index (χ1n) is 6.41. The van der Waals surface area contributed by atoms with Crippen LogP contribution in [0.3, 0.4) is 0 Å². The van der Waals surface area contributed by atoms with Crippen molar-refractivity contribution in [1.82, 2.24) is 10.3 Å². The van der Waals surface area contributed by atoms with Crippen LogP contribution in [0.2, 0.25) is 0 Å². The SMILES string of the molecule is CC[C@@H](CO)NC(=O)Nc1cccc(-c2nccs2)c1. The van der Waals surface area contributed by atoms with Crippen molar-refractivity contribution in [1.29, 1.82) is 0 Å². The molecule has 0 aliphatic heterocycles. The smallest absolute Gasteiger partial charge is 0.319 e. The van der Waals surface area contributed by atoms with Crippen LogP contribution in [-0.4, -0.2) is 28.8 Å². The maximum Gasteiger partial charge on any atom is 0.319 e. The van der Waals surface area contributed by atoms with E-state index in [1.807, 2.05) is 36.6 Å². The topological polar surface area (TPSA) is 74.2 Å². The zero-order valence-electron chi connectivity index (χ0n) is 11.2. The van der Waals surface area contributed by atoms with Crippen molar-refractivity contribution < 1.29 is 9.90 Å². The fraction of sp³-hybridized carbons (Fsp3) is 0.286. The van der Waals surface area contributed by atoms with Crippen LogP contribution >= 0.6 is 11.3 Å². The van der Waals surface area contributed by atoms with E-state index in [2.05, 4.69) is 15.6 Å². The summed E-state index contributed by atoms with van der Waals surface area (Å²) in [5, 5.41) is 17.4. The van der Waals surface area contributed by atoms with Crippen LogP contribution in [0.4, 0.5) is 10.5 Å². The molecule has 0 unspecified atom stereocenters. The van der Waals surface area contributed by atoms with Gasteiger partial charge in [0.1, 0.15) is 5.01 Å². The van der Waals surface area contributed by atoms with Crippen molar-refractivity contribution in [2.45, 2.75) is 19.4 Å². The Morgan fingerprint density at radius 1 is 1.50 bits per heavy atom. The Bertz CT molecular complexity index is 553. The van der Waals surface area contributed by atoms with Gasteiger partial charge in [-0.25, -0.2) is 9.78 Å². The summed E-state index contributed by atoms with van der Waals surface area (Å²) in [6, 6.07) is 6.97. The molecule has 2 aromatic rings. The highest BCUT2D eigenvalue weighted by molar-refractivity contribution is 7.13. The van der Waals surface area contributed by atoms with E-state index < -0.39 is 0 Å². The molecule has 6 heteroatoms. The molecule has 0 aliphatic rings. The minimum Gasteiger partial charge on any atom is -0.394 e. The van der Waals surface area contributed by atoms with Gasteiger partial charge in [-0.3, -0.25) is 0 Å². The molecule has 0 radical (unpaired) electrons. The minimum absolute atomic E-state index is 0.0664. The first-order valence-corrected chi connectivity index (χ1v) is 7.29. The van der Waals surface area contributed by atoms with Crippen molar-refractivity contribution in [3.05, 3.63) is 35.8 Å². The Kier molecular flexibility index (Phi) is 5.09. The number of carbonyl (C=O) groups is 1. The van der Waals surface area contributed by atoms with Gasteiger partial charge in [0.2, 0.25) is 0 Å². The molecule has 1 aromatic carbocycles. The molecule has 0 spiro atoms. The second kappa shape index (κ2) is 7.02. The van der Waals surface area contributed by atoms with E-state index in [9.17, 15) is 4.79 Å². The van der Waals surface area contributed by atoms with E-state index in [4.69, 9.17) is 5.11 Å². The lowest BCUT2D eigenvalue weighted by Gasteiger charge is -2.14. The maximum absolute atomic E-state index is 11.8. The Morgan fingerprint density at radius 3 is 3.00 bits per heavy atom. The van der Waals surface area contributed by atoms with Gasteiger partial charge >= 0.3 is 6.03 Å². The Hall–Kier alpha value is -1.92. The zero-order valence-corrected chi connectivity index (χ0v) is 12.0. The number of nitrogens with one attached hydrogen (secondary N) is 2. The molecule has 2 amide bonds. The minimum atomic E-state index is -0.317. The highest BCUT2D eigenvalue weighted by Crippen LogP contribution is 2.24. The third-order valence-electron chi connectivity index (χ3n) is 2.85. The van der Waals surface area contributed by atoms with Crippen LogP contribution in [-0.2, 0) is 0 Å². The lowest BCUT2D eigenvalue weighted by atomic mass is 10.2. The van der Waals surface area contributed by atoms with Gasteiger partial charge < -0.3 is 15.7 Å². The molecule has 0 saturated heterocycles. The fourth-order valence-corrected chi connectivity index (χ4v) is 2.36. The summed E-state index contributed by atoms with van der Waals surface area (Å²) in [5.41, 5.74) is 1.66. The van der Waals surface area contributed by atoms with Crippen LogP contribution in [0, 0.1) is 0 Å². The van der Waals surface area contributed by atoms with Crippen LogP contribution in [0.5, 0.6) is 0 Å². The number of nitrogens with zero attached hydrogens (tertiary/aromatic N) is 1. The summed E-state index contributed by atoms with van der Waals surface area (Å²) in [6.45, 7) is 1.84. The molecule has 0 aliphatic carbocycles. The number of thiazole rings is 1. The van der Waals surface area contributed by atoms with Crippen LogP contribution in [0.1, 0.15) is 13.3 Å². The monoisotopic (exact) mass is 291 g/mol. The lowest BCUT2D eigenvalue weighted by molar-refractivity contribution is 0.222. The second-order valence-electron chi connectivity index (χ2n) is 4.30. The van der Waals surface area contributed by atoms with Gasteiger partial charge in [0.05, 0.1) is 12.6 Å². The van der Waals surface area contributed by atoms with Crippen molar-refractivity contribution in [2.24, 2.45) is 0 Å². The highest BCUT2D eigenvalue weighted by atomic mass is 32.1. The number of carbonyl (C=O) groups excluding carboxylic acids is 1. The fourth-order valence-electron chi connectivity index (χ4n) is 1.73. The van der Waals surface area contributed by atoms with Gasteiger partial charge in [0.15, 0.2) is 0 Å². The van der Waals surface area contributed by atoms with Crippen LogP contribution in [0.25, 0.3) is 10.6 Å². The van der Waals surface area contributed by atoms with E-state index in [-0.39, 0.29) is 18.7 Å².